The molecule has 1 amide bonds. The Hall–Kier alpha value is -0.390. The second-order valence-corrected chi connectivity index (χ2v) is 5.50. The molecule has 0 saturated carbocycles. The van der Waals surface area contributed by atoms with Crippen LogP contribution in [0.15, 0.2) is 15.9 Å². The fourth-order valence-corrected chi connectivity index (χ4v) is 2.55. The minimum Gasteiger partial charge on any atom is -0.368 e. The van der Waals surface area contributed by atoms with E-state index >= 15 is 0 Å². The van der Waals surface area contributed by atoms with Crippen LogP contribution in [-0.2, 0) is 11.3 Å². The van der Waals surface area contributed by atoms with Crippen molar-refractivity contribution in [2.75, 3.05) is 0 Å². The van der Waals surface area contributed by atoms with Crippen LogP contribution in [0.2, 0.25) is 0 Å². The molecule has 1 aromatic heterocycles. The molecule has 0 saturated heterocycles. The van der Waals surface area contributed by atoms with Crippen LogP contribution in [0.4, 0.5) is 0 Å². The van der Waals surface area contributed by atoms with Gasteiger partial charge >= 0.3 is 0 Å². The van der Waals surface area contributed by atoms with Gasteiger partial charge in [-0.2, -0.15) is 0 Å². The Kier molecular flexibility index (Phi) is 4.57. The van der Waals surface area contributed by atoms with E-state index < -0.39 is 0 Å². The Morgan fingerprint density at radius 1 is 1.71 bits per heavy atom. The molecule has 1 unspecified atom stereocenters. The fourth-order valence-electron chi connectivity index (χ4n) is 1.12. The van der Waals surface area contributed by atoms with E-state index in [1.807, 2.05) is 19.1 Å². The maximum atomic E-state index is 10.9. The van der Waals surface area contributed by atoms with E-state index in [-0.39, 0.29) is 11.9 Å². The van der Waals surface area contributed by atoms with Crippen LogP contribution in [0, 0.1) is 0 Å². The maximum Gasteiger partial charge on any atom is 0.234 e. The summed E-state index contributed by atoms with van der Waals surface area (Å²) >= 11 is 5.04. The highest BCUT2D eigenvalue weighted by Crippen LogP contribution is 2.21. The Bertz CT molecular complexity index is 314. The van der Waals surface area contributed by atoms with Gasteiger partial charge in [0.1, 0.15) is 0 Å². The Labute approximate surface area is 95.8 Å². The minimum atomic E-state index is -0.289. The van der Waals surface area contributed by atoms with Crippen molar-refractivity contribution in [3.8, 4) is 0 Å². The molecule has 0 radical (unpaired) electrons. The highest BCUT2D eigenvalue weighted by molar-refractivity contribution is 9.11. The maximum absolute atomic E-state index is 10.9. The highest BCUT2D eigenvalue weighted by atomic mass is 79.9. The third-order valence-corrected chi connectivity index (χ3v) is 3.53. The van der Waals surface area contributed by atoms with Gasteiger partial charge in [-0.15, -0.1) is 11.3 Å². The number of primary amides is 1. The van der Waals surface area contributed by atoms with Crippen molar-refractivity contribution in [3.05, 3.63) is 20.8 Å². The zero-order valence-corrected chi connectivity index (χ0v) is 10.3. The van der Waals surface area contributed by atoms with Crippen molar-refractivity contribution < 1.29 is 4.79 Å². The molecule has 3 nitrogen and oxygen atoms in total. The van der Waals surface area contributed by atoms with E-state index in [0.717, 1.165) is 10.2 Å². The number of amides is 1. The van der Waals surface area contributed by atoms with Gasteiger partial charge in [-0.25, -0.2) is 0 Å². The molecule has 0 fully saturated rings. The summed E-state index contributed by atoms with van der Waals surface area (Å²) in [4.78, 5) is 12.1. The molecule has 1 atom stereocenters. The second kappa shape index (κ2) is 5.48. The summed E-state index contributed by atoms with van der Waals surface area (Å²) in [6, 6.07) is 3.79. The molecule has 1 rings (SSSR count). The summed E-state index contributed by atoms with van der Waals surface area (Å²) < 4.78 is 1.10. The largest absolute Gasteiger partial charge is 0.368 e. The number of carbonyl (C=O) groups is 1. The zero-order chi connectivity index (χ0) is 10.6. The number of nitrogens with one attached hydrogen (secondary N) is 1. The number of hydrogen-bond acceptors (Lipinski definition) is 3. The summed E-state index contributed by atoms with van der Waals surface area (Å²) in [5.74, 6) is -0.289. The van der Waals surface area contributed by atoms with Gasteiger partial charge in [-0.1, -0.05) is 6.92 Å². The van der Waals surface area contributed by atoms with Crippen molar-refractivity contribution in [2.24, 2.45) is 5.73 Å². The summed E-state index contributed by atoms with van der Waals surface area (Å²) in [6.07, 6.45) is 0.724. The van der Waals surface area contributed by atoms with Crippen LogP contribution in [0.25, 0.3) is 0 Å². The van der Waals surface area contributed by atoms with Gasteiger partial charge in [0.15, 0.2) is 0 Å². The molecule has 0 bridgehead atoms. The van der Waals surface area contributed by atoms with Crippen LogP contribution in [0.1, 0.15) is 18.2 Å². The Morgan fingerprint density at radius 2 is 2.43 bits per heavy atom. The zero-order valence-electron chi connectivity index (χ0n) is 7.92. The molecule has 0 aliphatic carbocycles. The van der Waals surface area contributed by atoms with Crippen molar-refractivity contribution in [3.63, 3.8) is 0 Å². The molecule has 0 aliphatic rings. The van der Waals surface area contributed by atoms with E-state index in [1.54, 1.807) is 11.3 Å². The summed E-state index contributed by atoms with van der Waals surface area (Å²) in [7, 11) is 0. The number of nitrogens with two attached hydrogens (primary N) is 1. The molecule has 1 heterocycles. The first-order chi connectivity index (χ1) is 6.63. The van der Waals surface area contributed by atoms with Crippen LogP contribution in [0.5, 0.6) is 0 Å². The van der Waals surface area contributed by atoms with Gasteiger partial charge in [-0.05, 0) is 34.5 Å². The number of thiophene rings is 1. The smallest absolute Gasteiger partial charge is 0.234 e. The highest BCUT2D eigenvalue weighted by Gasteiger charge is 2.11. The molecule has 3 N–H and O–H groups in total. The number of halogens is 1. The van der Waals surface area contributed by atoms with Gasteiger partial charge in [0.2, 0.25) is 5.91 Å². The molecule has 0 aliphatic heterocycles. The van der Waals surface area contributed by atoms with Crippen molar-refractivity contribution in [1.29, 1.82) is 0 Å². The lowest BCUT2D eigenvalue weighted by Gasteiger charge is -2.11. The first-order valence-corrected chi connectivity index (χ1v) is 6.01. The van der Waals surface area contributed by atoms with Crippen molar-refractivity contribution in [1.82, 2.24) is 5.32 Å². The normalized spacial score (nSPS) is 12.7. The van der Waals surface area contributed by atoms with E-state index in [2.05, 4.69) is 21.2 Å². The van der Waals surface area contributed by atoms with Crippen LogP contribution >= 0.6 is 27.3 Å². The lowest BCUT2D eigenvalue weighted by atomic mass is 10.2. The third-order valence-electron chi connectivity index (χ3n) is 1.90. The van der Waals surface area contributed by atoms with E-state index in [1.165, 1.54) is 4.88 Å². The van der Waals surface area contributed by atoms with Crippen LogP contribution in [0.3, 0.4) is 0 Å². The summed E-state index contributed by atoms with van der Waals surface area (Å²) in [5.41, 5.74) is 5.21. The first-order valence-electron chi connectivity index (χ1n) is 4.40. The first kappa shape index (κ1) is 11.7. The average Bonchev–Trinajstić information content (AvgIpc) is 2.52. The third kappa shape index (κ3) is 3.40. The minimum absolute atomic E-state index is 0.226. The van der Waals surface area contributed by atoms with E-state index in [0.29, 0.717) is 6.54 Å². The van der Waals surface area contributed by atoms with Crippen molar-refractivity contribution in [2.45, 2.75) is 25.9 Å². The predicted octanol–water partition coefficient (Wildman–Crippen LogP) is 1.86. The lowest BCUT2D eigenvalue weighted by Crippen LogP contribution is -2.40. The Morgan fingerprint density at radius 3 is 2.86 bits per heavy atom. The van der Waals surface area contributed by atoms with Crippen LogP contribution in [-0.4, -0.2) is 11.9 Å². The number of carbonyl (C=O) groups excluding carboxylic acids is 1. The molecular weight excluding hydrogens is 264 g/mol. The van der Waals surface area contributed by atoms with Gasteiger partial charge < -0.3 is 11.1 Å². The van der Waals surface area contributed by atoms with Crippen LogP contribution < -0.4 is 11.1 Å². The Balaban J connectivity index is 2.43. The van der Waals surface area contributed by atoms with Crippen molar-refractivity contribution >= 4 is 33.2 Å². The second-order valence-electron chi connectivity index (χ2n) is 2.95. The molecule has 0 spiro atoms. The fraction of sp³-hybridized carbons (Fsp3) is 0.444. The topological polar surface area (TPSA) is 55.1 Å². The number of hydrogen-bond donors (Lipinski definition) is 2. The molecule has 78 valence electrons. The summed E-state index contributed by atoms with van der Waals surface area (Å²) in [6.45, 7) is 2.63. The summed E-state index contributed by atoms with van der Waals surface area (Å²) in [5, 5.41) is 3.11. The predicted molar refractivity (Wildman–Crippen MR) is 62.1 cm³/mol. The molecule has 5 heteroatoms. The van der Waals surface area contributed by atoms with Gasteiger partial charge in [0.05, 0.1) is 9.83 Å². The monoisotopic (exact) mass is 276 g/mol. The van der Waals surface area contributed by atoms with E-state index in [9.17, 15) is 4.79 Å². The van der Waals surface area contributed by atoms with Gasteiger partial charge in [0, 0.05) is 11.4 Å². The molecule has 14 heavy (non-hydrogen) atoms. The van der Waals surface area contributed by atoms with Gasteiger partial charge in [0.25, 0.3) is 0 Å². The molecule has 0 aromatic carbocycles. The lowest BCUT2D eigenvalue weighted by molar-refractivity contribution is -0.120. The molecular formula is C9H13BrN2OS. The number of rotatable bonds is 5. The van der Waals surface area contributed by atoms with Gasteiger partial charge in [-0.3, -0.25) is 4.79 Å². The molecule has 1 aromatic rings. The van der Waals surface area contributed by atoms with E-state index in [4.69, 9.17) is 5.73 Å². The standard InChI is InChI=1S/C9H13BrN2OS/c1-2-7(9(11)13)12-5-6-3-4-8(10)14-6/h3-4,7,12H,2,5H2,1H3,(H2,11,13). The average molecular weight is 277 g/mol. The SMILES string of the molecule is CCC(NCc1ccc(Br)s1)C(N)=O. The quantitative estimate of drug-likeness (QED) is 0.863.